The molecule has 1 aliphatic heterocycles. The highest BCUT2D eigenvalue weighted by Crippen LogP contribution is 2.53. The zero-order valence-electron chi connectivity index (χ0n) is 14.7. The van der Waals surface area contributed by atoms with Crippen LogP contribution in [0.5, 0.6) is 0 Å². The van der Waals surface area contributed by atoms with Crippen molar-refractivity contribution in [3.63, 3.8) is 0 Å². The first kappa shape index (κ1) is 17.9. The van der Waals surface area contributed by atoms with Crippen molar-refractivity contribution in [2.75, 3.05) is 6.54 Å². The smallest absolute Gasteiger partial charge is 0.256 e. The predicted octanol–water partition coefficient (Wildman–Crippen LogP) is 2.28. The standard InChI is InChI=1S/C15H33NO2Si2/c1-9-10-11-16-12(17)14(5,18-19-20(7)8)15(16,6)13(2,3)4/h20H,9-11,19H2,1-8H3/t14?,15-/m1/s1. The summed E-state index contributed by atoms with van der Waals surface area (Å²) < 4.78 is 6.30. The predicted molar refractivity (Wildman–Crippen MR) is 91.4 cm³/mol. The Balaban J connectivity index is 3.03. The molecule has 2 atom stereocenters. The maximum atomic E-state index is 12.7. The number of unbranched alkanes of at least 4 members (excludes halogenated alkanes) is 1. The quantitative estimate of drug-likeness (QED) is 0.556. The third-order valence-corrected chi connectivity index (χ3v) is 8.93. The second-order valence-electron chi connectivity index (χ2n) is 7.87. The number of nitrogens with zero attached hydrogens (tertiary/aromatic N) is 1. The summed E-state index contributed by atoms with van der Waals surface area (Å²) in [7, 11) is -1.21. The van der Waals surface area contributed by atoms with E-state index >= 15 is 0 Å². The summed E-state index contributed by atoms with van der Waals surface area (Å²) in [4.78, 5) is 14.8. The molecule has 1 rings (SSSR count). The van der Waals surface area contributed by atoms with Gasteiger partial charge >= 0.3 is 0 Å². The minimum atomic E-state index is -0.686. The molecule has 1 aliphatic rings. The van der Waals surface area contributed by atoms with Gasteiger partial charge in [-0.2, -0.15) is 0 Å². The van der Waals surface area contributed by atoms with Gasteiger partial charge in [-0.25, -0.2) is 0 Å². The van der Waals surface area contributed by atoms with Crippen molar-refractivity contribution < 1.29 is 9.22 Å². The minimum absolute atomic E-state index is 0.0241. The highest BCUT2D eigenvalue weighted by molar-refractivity contribution is 7.08. The molecule has 0 bridgehead atoms. The Morgan fingerprint density at radius 3 is 2.25 bits per heavy atom. The van der Waals surface area contributed by atoms with Gasteiger partial charge in [0.1, 0.15) is 9.28 Å². The van der Waals surface area contributed by atoms with Gasteiger partial charge in [-0.05, 0) is 25.7 Å². The normalized spacial score (nSPS) is 31.4. The molecule has 1 amide bonds. The fourth-order valence-corrected chi connectivity index (χ4v) is 6.24. The average molecular weight is 316 g/mol. The van der Waals surface area contributed by atoms with Crippen molar-refractivity contribution in [2.45, 2.75) is 78.6 Å². The van der Waals surface area contributed by atoms with E-state index in [1.54, 1.807) is 0 Å². The van der Waals surface area contributed by atoms with Crippen molar-refractivity contribution in [2.24, 2.45) is 5.41 Å². The van der Waals surface area contributed by atoms with Gasteiger partial charge in [-0.3, -0.25) is 4.79 Å². The molecule has 118 valence electrons. The van der Waals surface area contributed by atoms with Gasteiger partial charge in [0.25, 0.3) is 5.91 Å². The van der Waals surface area contributed by atoms with Crippen LogP contribution in [0.25, 0.3) is 0 Å². The van der Waals surface area contributed by atoms with Crippen LogP contribution in [0.1, 0.15) is 54.4 Å². The van der Waals surface area contributed by atoms with E-state index in [0.29, 0.717) is 0 Å². The molecule has 0 aromatic rings. The van der Waals surface area contributed by atoms with Gasteiger partial charge in [0, 0.05) is 6.54 Å². The number of carbonyl (C=O) groups excluding carboxylic acids is 1. The van der Waals surface area contributed by atoms with Gasteiger partial charge in [-0.1, -0.05) is 47.2 Å². The number of rotatable bonds is 6. The van der Waals surface area contributed by atoms with Crippen LogP contribution < -0.4 is 0 Å². The van der Waals surface area contributed by atoms with Crippen molar-refractivity contribution >= 4 is 23.5 Å². The third kappa shape index (κ3) is 2.64. The summed E-state index contributed by atoms with van der Waals surface area (Å²) >= 11 is 0. The van der Waals surface area contributed by atoms with Crippen LogP contribution in [0.4, 0.5) is 0 Å². The highest BCUT2D eigenvalue weighted by atomic mass is 29.2. The highest BCUT2D eigenvalue weighted by Gasteiger charge is 2.70. The van der Waals surface area contributed by atoms with Gasteiger partial charge in [-0.15, -0.1) is 0 Å². The molecule has 1 unspecified atom stereocenters. The van der Waals surface area contributed by atoms with Crippen molar-refractivity contribution in [1.29, 1.82) is 0 Å². The van der Waals surface area contributed by atoms with Gasteiger partial charge in [0.05, 0.1) is 13.9 Å². The maximum Gasteiger partial charge on any atom is 0.256 e. The number of hydrogen-bond donors (Lipinski definition) is 0. The van der Waals surface area contributed by atoms with E-state index in [0.717, 1.165) is 19.4 Å². The lowest BCUT2D eigenvalue weighted by Gasteiger charge is -2.67. The largest absolute Gasteiger partial charge is 0.412 e. The van der Waals surface area contributed by atoms with Gasteiger partial charge < -0.3 is 9.33 Å². The topological polar surface area (TPSA) is 29.5 Å². The molecule has 1 saturated heterocycles. The van der Waals surface area contributed by atoms with Crippen molar-refractivity contribution in [1.82, 2.24) is 4.90 Å². The molecule has 20 heavy (non-hydrogen) atoms. The Hall–Kier alpha value is -0.136. The van der Waals surface area contributed by atoms with Crippen molar-refractivity contribution in [3.05, 3.63) is 0 Å². The zero-order valence-corrected chi connectivity index (χ0v) is 17.2. The molecular formula is C15H33NO2Si2. The molecule has 3 nitrogen and oxygen atoms in total. The lowest BCUT2D eigenvalue weighted by molar-refractivity contribution is -0.224. The lowest BCUT2D eigenvalue weighted by atomic mass is 9.58. The SMILES string of the molecule is CCCCN1C(=O)C(C)(O[SiH2][SiH](C)C)[C@@]1(C)C(C)(C)C. The molecule has 0 N–H and O–H groups in total. The molecule has 5 heteroatoms. The van der Waals surface area contributed by atoms with Gasteiger partial charge in [0.2, 0.25) is 0 Å². The minimum Gasteiger partial charge on any atom is -0.412 e. The van der Waals surface area contributed by atoms with Crippen LogP contribution in [0.2, 0.25) is 13.1 Å². The summed E-state index contributed by atoms with van der Waals surface area (Å²) in [5.74, 6) is 0.213. The van der Waals surface area contributed by atoms with Crippen LogP contribution in [-0.4, -0.2) is 46.1 Å². The number of likely N-dealkylation sites (tertiary alicyclic amines) is 1. The molecule has 0 aromatic heterocycles. The fraction of sp³-hybridized carbons (Fsp3) is 0.933. The van der Waals surface area contributed by atoms with E-state index in [1.807, 2.05) is 6.92 Å². The average Bonchev–Trinajstić information content (AvgIpc) is 2.34. The molecule has 0 saturated carbocycles. The molecule has 0 spiro atoms. The van der Waals surface area contributed by atoms with E-state index in [2.05, 4.69) is 52.6 Å². The number of hydrogen-bond acceptors (Lipinski definition) is 2. The maximum absolute atomic E-state index is 12.7. The third-order valence-electron chi connectivity index (χ3n) is 5.02. The van der Waals surface area contributed by atoms with E-state index in [9.17, 15) is 4.79 Å². The fourth-order valence-electron chi connectivity index (χ4n) is 3.17. The summed E-state index contributed by atoms with van der Waals surface area (Å²) in [5.41, 5.74) is -0.763. The Kier molecular flexibility index (Phi) is 5.31. The van der Waals surface area contributed by atoms with Crippen LogP contribution in [0.3, 0.4) is 0 Å². The number of carbonyl (C=O) groups is 1. The molecule has 0 radical (unpaired) electrons. The number of β-lactam (4-membered cyclic amide) rings is 1. The Morgan fingerprint density at radius 2 is 1.85 bits per heavy atom. The summed E-state index contributed by atoms with van der Waals surface area (Å²) in [6, 6.07) is 0. The second-order valence-corrected chi connectivity index (χ2v) is 17.2. The first-order valence-corrected chi connectivity index (χ1v) is 14.1. The van der Waals surface area contributed by atoms with Crippen molar-refractivity contribution in [3.8, 4) is 0 Å². The first-order valence-electron chi connectivity index (χ1n) is 7.98. The van der Waals surface area contributed by atoms with E-state index in [1.165, 1.54) is 0 Å². The lowest BCUT2D eigenvalue weighted by Crippen LogP contribution is -2.85. The van der Waals surface area contributed by atoms with E-state index in [-0.39, 0.29) is 16.9 Å². The first-order chi connectivity index (χ1) is 9.02. The summed E-state index contributed by atoms with van der Waals surface area (Å²) in [6.07, 6.45) is 2.19. The van der Waals surface area contributed by atoms with Gasteiger partial charge in [0.15, 0.2) is 5.60 Å². The molecule has 0 aromatic carbocycles. The Bertz CT molecular complexity index is 367. The number of amides is 1. The Morgan fingerprint density at radius 1 is 1.30 bits per heavy atom. The summed E-state index contributed by atoms with van der Waals surface area (Å²) in [6.45, 7) is 18.6. The van der Waals surface area contributed by atoms with Crippen LogP contribution in [0.15, 0.2) is 0 Å². The van der Waals surface area contributed by atoms with E-state index < -0.39 is 23.2 Å². The molecular weight excluding hydrogens is 282 g/mol. The van der Waals surface area contributed by atoms with Crippen LogP contribution in [-0.2, 0) is 9.22 Å². The zero-order chi connectivity index (χ0) is 15.8. The second kappa shape index (κ2) is 5.93. The monoisotopic (exact) mass is 315 g/mol. The molecule has 1 fully saturated rings. The summed E-state index contributed by atoms with van der Waals surface area (Å²) in [5, 5.41) is 0. The van der Waals surface area contributed by atoms with Crippen LogP contribution >= 0.6 is 0 Å². The Labute approximate surface area is 128 Å². The molecule has 0 aliphatic carbocycles. The molecule has 1 heterocycles. The van der Waals surface area contributed by atoms with Crippen LogP contribution in [0, 0.1) is 5.41 Å². The van der Waals surface area contributed by atoms with E-state index in [4.69, 9.17) is 4.43 Å².